The molecule has 1 N–H and O–H groups in total. The van der Waals surface area contributed by atoms with E-state index in [9.17, 15) is 0 Å². The third kappa shape index (κ3) is 3.45. The van der Waals surface area contributed by atoms with Crippen LogP contribution in [0, 0.1) is 6.92 Å². The van der Waals surface area contributed by atoms with Crippen LogP contribution in [0.3, 0.4) is 0 Å². The summed E-state index contributed by atoms with van der Waals surface area (Å²) in [5.41, 5.74) is 3.40. The van der Waals surface area contributed by atoms with Gasteiger partial charge in [0.1, 0.15) is 11.6 Å². The molecule has 0 saturated carbocycles. The molecule has 1 fully saturated rings. The molecule has 22 heavy (non-hydrogen) atoms. The number of nitrogens with one attached hydrogen (secondary N) is 1. The SMILES string of the molecule is COc1ccccc1Cc1cc([C@@H]2CCCNC2)nc(C)n1. The predicted octanol–water partition coefficient (Wildman–Crippen LogP) is 2.85. The molecule has 1 aromatic heterocycles. The Balaban J connectivity index is 1.85. The van der Waals surface area contributed by atoms with Gasteiger partial charge in [-0.15, -0.1) is 0 Å². The summed E-state index contributed by atoms with van der Waals surface area (Å²) in [7, 11) is 1.71. The van der Waals surface area contributed by atoms with Crippen LogP contribution < -0.4 is 10.1 Å². The number of aryl methyl sites for hydroxylation is 1. The number of rotatable bonds is 4. The van der Waals surface area contributed by atoms with E-state index < -0.39 is 0 Å². The maximum absolute atomic E-state index is 5.44. The highest BCUT2D eigenvalue weighted by Crippen LogP contribution is 2.24. The Labute approximate surface area is 132 Å². The van der Waals surface area contributed by atoms with Gasteiger partial charge >= 0.3 is 0 Å². The van der Waals surface area contributed by atoms with Crippen LogP contribution in [0.5, 0.6) is 5.75 Å². The van der Waals surface area contributed by atoms with E-state index in [0.717, 1.165) is 42.3 Å². The lowest BCUT2D eigenvalue weighted by Gasteiger charge is -2.22. The van der Waals surface area contributed by atoms with E-state index >= 15 is 0 Å². The molecule has 0 amide bonds. The highest BCUT2D eigenvalue weighted by Gasteiger charge is 2.18. The van der Waals surface area contributed by atoms with Crippen molar-refractivity contribution in [3.8, 4) is 5.75 Å². The lowest BCUT2D eigenvalue weighted by Crippen LogP contribution is -2.29. The normalized spacial score (nSPS) is 18.2. The van der Waals surface area contributed by atoms with Crippen LogP contribution in [-0.4, -0.2) is 30.2 Å². The van der Waals surface area contributed by atoms with Crippen molar-refractivity contribution in [2.75, 3.05) is 20.2 Å². The van der Waals surface area contributed by atoms with Gasteiger partial charge < -0.3 is 10.1 Å². The fourth-order valence-corrected chi connectivity index (χ4v) is 3.10. The summed E-state index contributed by atoms with van der Waals surface area (Å²) in [6.45, 7) is 4.12. The number of hydrogen-bond donors (Lipinski definition) is 1. The molecule has 0 bridgehead atoms. The van der Waals surface area contributed by atoms with E-state index in [0.29, 0.717) is 5.92 Å². The molecular weight excluding hydrogens is 274 g/mol. The highest BCUT2D eigenvalue weighted by atomic mass is 16.5. The van der Waals surface area contributed by atoms with Crippen molar-refractivity contribution >= 4 is 0 Å². The van der Waals surface area contributed by atoms with Gasteiger partial charge in [0.2, 0.25) is 0 Å². The molecule has 1 aliphatic rings. The number of ether oxygens (including phenoxy) is 1. The topological polar surface area (TPSA) is 47.0 Å². The summed E-state index contributed by atoms with van der Waals surface area (Å²) in [5, 5.41) is 3.46. The van der Waals surface area contributed by atoms with Crippen LogP contribution in [0.25, 0.3) is 0 Å². The molecule has 2 heterocycles. The molecule has 1 atom stereocenters. The van der Waals surface area contributed by atoms with Crippen LogP contribution >= 0.6 is 0 Å². The lowest BCUT2D eigenvalue weighted by atomic mass is 9.95. The Hall–Kier alpha value is -1.94. The average Bonchev–Trinajstić information content (AvgIpc) is 2.56. The number of benzene rings is 1. The van der Waals surface area contributed by atoms with E-state index in [-0.39, 0.29) is 0 Å². The number of piperidine rings is 1. The van der Waals surface area contributed by atoms with Crippen LogP contribution in [0.2, 0.25) is 0 Å². The second-order valence-electron chi connectivity index (χ2n) is 5.86. The summed E-state index contributed by atoms with van der Waals surface area (Å²) >= 11 is 0. The smallest absolute Gasteiger partial charge is 0.125 e. The molecule has 116 valence electrons. The zero-order valence-corrected chi connectivity index (χ0v) is 13.3. The number of aromatic nitrogens is 2. The van der Waals surface area contributed by atoms with Gasteiger partial charge in [0.25, 0.3) is 0 Å². The van der Waals surface area contributed by atoms with Crippen molar-refractivity contribution < 1.29 is 4.74 Å². The van der Waals surface area contributed by atoms with Crippen molar-refractivity contribution in [3.05, 3.63) is 53.1 Å². The Morgan fingerprint density at radius 3 is 2.91 bits per heavy atom. The van der Waals surface area contributed by atoms with Gasteiger partial charge in [-0.2, -0.15) is 0 Å². The predicted molar refractivity (Wildman–Crippen MR) is 87.4 cm³/mol. The molecule has 1 saturated heterocycles. The van der Waals surface area contributed by atoms with Crippen LogP contribution in [-0.2, 0) is 6.42 Å². The van der Waals surface area contributed by atoms with Crippen LogP contribution in [0.15, 0.2) is 30.3 Å². The first-order valence-corrected chi connectivity index (χ1v) is 7.93. The summed E-state index contributed by atoms with van der Waals surface area (Å²) in [5.74, 6) is 2.28. The average molecular weight is 297 g/mol. The fraction of sp³-hybridized carbons (Fsp3) is 0.444. The molecule has 0 aliphatic carbocycles. The molecule has 4 nitrogen and oxygen atoms in total. The zero-order valence-electron chi connectivity index (χ0n) is 13.3. The summed E-state index contributed by atoms with van der Waals surface area (Å²) in [6.07, 6.45) is 3.20. The van der Waals surface area contributed by atoms with Crippen molar-refractivity contribution in [1.29, 1.82) is 0 Å². The highest BCUT2D eigenvalue weighted by molar-refractivity contribution is 5.36. The zero-order chi connectivity index (χ0) is 15.4. The first-order chi connectivity index (χ1) is 10.8. The van der Waals surface area contributed by atoms with Gasteiger partial charge in [-0.3, -0.25) is 0 Å². The second kappa shape index (κ2) is 6.88. The molecule has 1 aliphatic heterocycles. The molecule has 4 heteroatoms. The molecule has 1 aromatic carbocycles. The monoisotopic (exact) mass is 297 g/mol. The minimum absolute atomic E-state index is 0.506. The Morgan fingerprint density at radius 1 is 1.27 bits per heavy atom. The maximum Gasteiger partial charge on any atom is 0.125 e. The Bertz CT molecular complexity index is 636. The van der Waals surface area contributed by atoms with Crippen LogP contribution in [0.4, 0.5) is 0 Å². The molecule has 0 unspecified atom stereocenters. The minimum atomic E-state index is 0.506. The van der Waals surface area contributed by atoms with Crippen molar-refractivity contribution in [3.63, 3.8) is 0 Å². The maximum atomic E-state index is 5.44. The van der Waals surface area contributed by atoms with Gasteiger partial charge in [-0.25, -0.2) is 9.97 Å². The molecule has 0 radical (unpaired) electrons. The van der Waals surface area contributed by atoms with Gasteiger partial charge in [-0.1, -0.05) is 18.2 Å². The van der Waals surface area contributed by atoms with Crippen molar-refractivity contribution in [1.82, 2.24) is 15.3 Å². The van der Waals surface area contributed by atoms with Gasteiger partial charge in [-0.05, 0) is 38.4 Å². The number of para-hydroxylation sites is 1. The van der Waals surface area contributed by atoms with E-state index in [2.05, 4.69) is 27.4 Å². The Morgan fingerprint density at radius 2 is 2.14 bits per heavy atom. The molecule has 2 aromatic rings. The molecular formula is C18H23N3O. The van der Waals surface area contributed by atoms with E-state index in [1.54, 1.807) is 7.11 Å². The van der Waals surface area contributed by atoms with Crippen molar-refractivity contribution in [2.24, 2.45) is 0 Å². The summed E-state index contributed by atoms with van der Waals surface area (Å²) < 4.78 is 5.44. The minimum Gasteiger partial charge on any atom is -0.496 e. The summed E-state index contributed by atoms with van der Waals surface area (Å²) in [4.78, 5) is 9.27. The third-order valence-corrected chi connectivity index (χ3v) is 4.19. The lowest BCUT2D eigenvalue weighted by molar-refractivity contribution is 0.410. The first-order valence-electron chi connectivity index (χ1n) is 7.93. The van der Waals surface area contributed by atoms with Gasteiger partial charge in [0, 0.05) is 35.8 Å². The number of nitrogens with zero attached hydrogens (tertiary/aromatic N) is 2. The first kappa shape index (κ1) is 15.0. The third-order valence-electron chi connectivity index (χ3n) is 4.19. The van der Waals surface area contributed by atoms with Gasteiger partial charge in [0.15, 0.2) is 0 Å². The fourth-order valence-electron chi connectivity index (χ4n) is 3.10. The Kier molecular flexibility index (Phi) is 4.68. The van der Waals surface area contributed by atoms with Crippen LogP contribution in [0.1, 0.15) is 41.5 Å². The number of hydrogen-bond acceptors (Lipinski definition) is 4. The number of methoxy groups -OCH3 is 1. The van der Waals surface area contributed by atoms with E-state index in [1.165, 1.54) is 18.5 Å². The standard InChI is InChI=1S/C18H23N3O/c1-13-20-16(10-14-6-3-4-8-18(14)22-2)11-17(21-13)15-7-5-9-19-12-15/h3-4,6,8,11,15,19H,5,7,9-10,12H2,1-2H3/t15-/m1/s1. The van der Waals surface area contributed by atoms with Gasteiger partial charge in [0.05, 0.1) is 7.11 Å². The summed E-state index contributed by atoms with van der Waals surface area (Å²) in [6, 6.07) is 10.3. The quantitative estimate of drug-likeness (QED) is 0.942. The van der Waals surface area contributed by atoms with Crippen molar-refractivity contribution in [2.45, 2.75) is 32.1 Å². The second-order valence-corrected chi connectivity index (χ2v) is 5.86. The van der Waals surface area contributed by atoms with E-state index in [1.807, 2.05) is 25.1 Å². The largest absolute Gasteiger partial charge is 0.496 e. The van der Waals surface area contributed by atoms with E-state index in [4.69, 9.17) is 4.74 Å². The molecule has 3 rings (SSSR count). The molecule has 0 spiro atoms.